The first-order chi connectivity index (χ1) is 9.13. The van der Waals surface area contributed by atoms with Crippen LogP contribution in [0.3, 0.4) is 0 Å². The average molecular weight is 265 g/mol. The van der Waals surface area contributed by atoms with E-state index in [2.05, 4.69) is 31.8 Å². The Kier molecular flexibility index (Phi) is 7.53. The third-order valence-electron chi connectivity index (χ3n) is 2.88. The van der Waals surface area contributed by atoms with Crippen molar-refractivity contribution in [3.8, 4) is 0 Å². The van der Waals surface area contributed by atoms with Crippen LogP contribution in [0.4, 0.5) is 0 Å². The Hall–Kier alpha value is -1.06. The van der Waals surface area contributed by atoms with Crippen LogP contribution in [0.2, 0.25) is 0 Å². The van der Waals surface area contributed by atoms with Crippen molar-refractivity contribution >= 4 is 0 Å². The van der Waals surface area contributed by atoms with Gasteiger partial charge in [-0.25, -0.2) is 0 Å². The van der Waals surface area contributed by atoms with Gasteiger partial charge in [-0.2, -0.15) is 0 Å². The second-order valence-electron chi connectivity index (χ2n) is 5.30. The molecule has 0 unspecified atom stereocenters. The maximum absolute atomic E-state index is 5.69. The van der Waals surface area contributed by atoms with Gasteiger partial charge in [0.1, 0.15) is 18.1 Å². The topological polar surface area (TPSA) is 34.4 Å². The molecule has 0 aliphatic carbocycles. The molecule has 1 aromatic heterocycles. The number of unbranched alkanes of at least 4 members (excludes halogenated alkanes) is 1. The molecule has 0 radical (unpaired) electrons. The number of allylic oxidation sites excluding steroid dienone is 1. The first-order valence-corrected chi connectivity index (χ1v) is 7.11. The third kappa shape index (κ3) is 6.60. The normalized spacial score (nSPS) is 11.2. The van der Waals surface area contributed by atoms with E-state index in [9.17, 15) is 0 Å². The Morgan fingerprint density at radius 1 is 1.47 bits per heavy atom. The summed E-state index contributed by atoms with van der Waals surface area (Å²) in [5.74, 6) is 2.57. The number of nitrogens with one attached hydrogen (secondary N) is 1. The minimum absolute atomic E-state index is 0.558. The number of rotatable bonds is 10. The van der Waals surface area contributed by atoms with Gasteiger partial charge in [0, 0.05) is 18.7 Å². The van der Waals surface area contributed by atoms with Gasteiger partial charge in [-0.15, -0.1) is 6.58 Å². The molecule has 0 spiro atoms. The fraction of sp³-hybridized carbons (Fsp3) is 0.625. The SMILES string of the molecule is C=CCCCOCc1cc(CNCC(C)C)c(C)o1. The highest BCUT2D eigenvalue weighted by atomic mass is 16.5. The predicted molar refractivity (Wildman–Crippen MR) is 79.1 cm³/mol. The average Bonchev–Trinajstić information content (AvgIpc) is 2.69. The molecule has 3 heteroatoms. The van der Waals surface area contributed by atoms with Crippen molar-refractivity contribution in [3.63, 3.8) is 0 Å². The van der Waals surface area contributed by atoms with Gasteiger partial charge in [0.15, 0.2) is 0 Å². The zero-order valence-corrected chi connectivity index (χ0v) is 12.5. The summed E-state index contributed by atoms with van der Waals surface area (Å²) >= 11 is 0. The van der Waals surface area contributed by atoms with Crippen molar-refractivity contribution in [2.24, 2.45) is 5.92 Å². The lowest BCUT2D eigenvalue weighted by atomic mass is 10.2. The van der Waals surface area contributed by atoms with Crippen LogP contribution in [-0.2, 0) is 17.9 Å². The summed E-state index contributed by atoms with van der Waals surface area (Å²) in [6.45, 7) is 13.3. The van der Waals surface area contributed by atoms with E-state index in [0.717, 1.165) is 44.1 Å². The molecule has 1 heterocycles. The summed E-state index contributed by atoms with van der Waals surface area (Å²) in [5.41, 5.74) is 1.23. The van der Waals surface area contributed by atoms with E-state index in [1.54, 1.807) is 0 Å². The van der Waals surface area contributed by atoms with Gasteiger partial charge in [0.25, 0.3) is 0 Å². The third-order valence-corrected chi connectivity index (χ3v) is 2.88. The van der Waals surface area contributed by atoms with Crippen molar-refractivity contribution in [1.29, 1.82) is 0 Å². The van der Waals surface area contributed by atoms with Crippen LogP contribution < -0.4 is 5.32 Å². The van der Waals surface area contributed by atoms with Gasteiger partial charge in [0.05, 0.1) is 0 Å². The van der Waals surface area contributed by atoms with Crippen LogP contribution in [0.15, 0.2) is 23.1 Å². The first kappa shape index (κ1) is 16.0. The molecule has 0 aromatic carbocycles. The first-order valence-electron chi connectivity index (χ1n) is 7.11. The van der Waals surface area contributed by atoms with Crippen LogP contribution in [0, 0.1) is 12.8 Å². The largest absolute Gasteiger partial charge is 0.464 e. The van der Waals surface area contributed by atoms with Gasteiger partial charge in [-0.3, -0.25) is 0 Å². The Bertz CT molecular complexity index is 369. The second kappa shape index (κ2) is 8.94. The highest BCUT2D eigenvalue weighted by Gasteiger charge is 2.07. The van der Waals surface area contributed by atoms with Crippen LogP contribution >= 0.6 is 0 Å². The molecule has 0 aliphatic rings. The molecule has 0 amide bonds. The van der Waals surface area contributed by atoms with E-state index in [1.807, 2.05) is 13.0 Å². The molecular weight excluding hydrogens is 238 g/mol. The molecule has 19 heavy (non-hydrogen) atoms. The van der Waals surface area contributed by atoms with Crippen molar-refractivity contribution in [2.45, 2.75) is 46.8 Å². The van der Waals surface area contributed by atoms with Crippen molar-refractivity contribution < 1.29 is 9.15 Å². The molecule has 0 bridgehead atoms. The molecule has 3 nitrogen and oxygen atoms in total. The number of ether oxygens (including phenoxy) is 1. The van der Waals surface area contributed by atoms with Crippen molar-refractivity contribution in [1.82, 2.24) is 5.32 Å². The van der Waals surface area contributed by atoms with Gasteiger partial charge < -0.3 is 14.5 Å². The van der Waals surface area contributed by atoms with E-state index in [4.69, 9.17) is 9.15 Å². The van der Waals surface area contributed by atoms with Crippen LogP contribution in [0.1, 0.15) is 43.8 Å². The Morgan fingerprint density at radius 3 is 2.95 bits per heavy atom. The minimum atomic E-state index is 0.558. The zero-order chi connectivity index (χ0) is 14.1. The standard InChI is InChI=1S/C16H27NO2/c1-5-6-7-8-18-12-16-9-15(14(4)19-16)11-17-10-13(2)3/h5,9,13,17H,1,6-8,10-12H2,2-4H3. The Labute approximate surface area is 117 Å². The van der Waals surface area contributed by atoms with Crippen molar-refractivity contribution in [2.75, 3.05) is 13.2 Å². The molecule has 0 saturated carbocycles. The molecule has 0 aliphatic heterocycles. The molecule has 108 valence electrons. The summed E-state index contributed by atoms with van der Waals surface area (Å²) in [7, 11) is 0. The molecule has 0 atom stereocenters. The minimum Gasteiger partial charge on any atom is -0.464 e. The maximum Gasteiger partial charge on any atom is 0.130 e. The second-order valence-corrected chi connectivity index (χ2v) is 5.30. The number of aryl methyl sites for hydroxylation is 1. The van der Waals surface area contributed by atoms with E-state index < -0.39 is 0 Å². The molecule has 1 rings (SSSR count). The van der Waals surface area contributed by atoms with E-state index >= 15 is 0 Å². The van der Waals surface area contributed by atoms with Gasteiger partial charge in [0.2, 0.25) is 0 Å². The summed E-state index contributed by atoms with van der Waals surface area (Å²) in [5, 5.41) is 3.43. The smallest absolute Gasteiger partial charge is 0.130 e. The van der Waals surface area contributed by atoms with Gasteiger partial charge in [-0.05, 0) is 38.3 Å². The highest BCUT2D eigenvalue weighted by molar-refractivity contribution is 5.20. The van der Waals surface area contributed by atoms with Crippen LogP contribution in [0.5, 0.6) is 0 Å². The molecular formula is C16H27NO2. The number of furan rings is 1. The Balaban J connectivity index is 2.30. The summed E-state index contributed by atoms with van der Waals surface area (Å²) in [4.78, 5) is 0. The summed E-state index contributed by atoms with van der Waals surface area (Å²) in [6.07, 6.45) is 3.94. The lowest BCUT2D eigenvalue weighted by molar-refractivity contribution is 0.104. The number of hydrogen-bond acceptors (Lipinski definition) is 3. The monoisotopic (exact) mass is 265 g/mol. The molecule has 1 aromatic rings. The lowest BCUT2D eigenvalue weighted by Crippen LogP contribution is -2.18. The summed E-state index contributed by atoms with van der Waals surface area (Å²) in [6, 6.07) is 2.09. The van der Waals surface area contributed by atoms with E-state index in [0.29, 0.717) is 12.5 Å². The quantitative estimate of drug-likeness (QED) is 0.516. The predicted octanol–water partition coefficient (Wildman–Crippen LogP) is 3.82. The molecule has 1 N–H and O–H groups in total. The van der Waals surface area contributed by atoms with E-state index in [1.165, 1.54) is 5.56 Å². The number of hydrogen-bond donors (Lipinski definition) is 1. The molecule has 0 saturated heterocycles. The van der Waals surface area contributed by atoms with Gasteiger partial charge >= 0.3 is 0 Å². The fourth-order valence-corrected chi connectivity index (χ4v) is 1.83. The summed E-state index contributed by atoms with van der Waals surface area (Å²) < 4.78 is 11.3. The van der Waals surface area contributed by atoms with Gasteiger partial charge in [-0.1, -0.05) is 19.9 Å². The molecule has 0 fully saturated rings. The van der Waals surface area contributed by atoms with Crippen molar-refractivity contribution in [3.05, 3.63) is 35.8 Å². The van der Waals surface area contributed by atoms with Crippen LogP contribution in [0.25, 0.3) is 0 Å². The fourth-order valence-electron chi connectivity index (χ4n) is 1.83. The highest BCUT2D eigenvalue weighted by Crippen LogP contribution is 2.15. The Morgan fingerprint density at radius 2 is 2.26 bits per heavy atom. The van der Waals surface area contributed by atoms with Crippen LogP contribution in [-0.4, -0.2) is 13.2 Å². The van der Waals surface area contributed by atoms with E-state index in [-0.39, 0.29) is 0 Å². The lowest BCUT2D eigenvalue weighted by Gasteiger charge is -2.05. The maximum atomic E-state index is 5.69. The zero-order valence-electron chi connectivity index (χ0n) is 12.5.